The van der Waals surface area contributed by atoms with E-state index in [9.17, 15) is 13.2 Å². The van der Waals surface area contributed by atoms with Gasteiger partial charge in [0, 0.05) is 11.8 Å². The Morgan fingerprint density at radius 1 is 1.27 bits per heavy atom. The summed E-state index contributed by atoms with van der Waals surface area (Å²) >= 11 is 0. The quantitative estimate of drug-likeness (QED) is 0.779. The van der Waals surface area contributed by atoms with Gasteiger partial charge in [-0.25, -0.2) is 13.2 Å². The molecule has 6 heteroatoms. The summed E-state index contributed by atoms with van der Waals surface area (Å²) in [5.74, 6) is -0.0517. The van der Waals surface area contributed by atoms with Crippen LogP contribution in [0.4, 0.5) is 0 Å². The molecule has 0 atom stereocenters. The van der Waals surface area contributed by atoms with E-state index in [4.69, 9.17) is 9.47 Å². The highest BCUT2D eigenvalue weighted by atomic mass is 32.2. The maximum absolute atomic E-state index is 12.0. The minimum absolute atomic E-state index is 0.161. The molecule has 1 heterocycles. The van der Waals surface area contributed by atoms with Crippen LogP contribution in [0.2, 0.25) is 0 Å². The van der Waals surface area contributed by atoms with Crippen molar-refractivity contribution in [3.63, 3.8) is 0 Å². The molecule has 0 aromatic heterocycles. The Balaban J connectivity index is 2.54. The van der Waals surface area contributed by atoms with E-state index in [-0.39, 0.29) is 4.90 Å². The molecule has 0 fully saturated rings. The van der Waals surface area contributed by atoms with E-state index >= 15 is 0 Å². The largest absolute Gasteiger partial charge is 0.493 e. The molecule has 5 nitrogen and oxygen atoms in total. The summed E-state index contributed by atoms with van der Waals surface area (Å²) in [6.07, 6.45) is 3.64. The van der Waals surface area contributed by atoms with Gasteiger partial charge in [0.05, 0.1) is 17.1 Å². The van der Waals surface area contributed by atoms with Gasteiger partial charge in [0.15, 0.2) is 9.84 Å². The first kappa shape index (κ1) is 16.5. The van der Waals surface area contributed by atoms with Crippen LogP contribution in [0.3, 0.4) is 0 Å². The van der Waals surface area contributed by atoms with Crippen molar-refractivity contribution in [1.82, 2.24) is 0 Å². The minimum Gasteiger partial charge on any atom is -0.493 e. The molecule has 0 saturated heterocycles. The highest BCUT2D eigenvalue weighted by Crippen LogP contribution is 2.36. The van der Waals surface area contributed by atoms with Crippen LogP contribution in [0.15, 0.2) is 29.2 Å². The van der Waals surface area contributed by atoms with Crippen LogP contribution in [-0.2, 0) is 19.4 Å². The second-order valence-electron chi connectivity index (χ2n) is 5.83. The second kappa shape index (κ2) is 5.76. The molecule has 0 amide bonds. The number of sulfone groups is 1. The number of carbonyl (C=O) groups excluding carboxylic acids is 1. The van der Waals surface area contributed by atoms with Crippen LogP contribution in [0.5, 0.6) is 5.75 Å². The van der Waals surface area contributed by atoms with E-state index in [0.717, 1.165) is 12.7 Å². The normalized spacial score (nSPS) is 17.1. The Bertz CT molecular complexity index is 729. The van der Waals surface area contributed by atoms with Gasteiger partial charge in [-0.1, -0.05) is 6.92 Å². The summed E-state index contributed by atoms with van der Waals surface area (Å²) in [7, 11) is -3.34. The lowest BCUT2D eigenvalue weighted by Gasteiger charge is -2.13. The van der Waals surface area contributed by atoms with Crippen molar-refractivity contribution in [2.45, 2.75) is 37.7 Å². The zero-order valence-electron chi connectivity index (χ0n) is 13.2. The summed E-state index contributed by atoms with van der Waals surface area (Å²) in [6.45, 7) is 5.96. The Kier molecular flexibility index (Phi) is 4.33. The number of ether oxygens (including phenoxy) is 2. The van der Waals surface area contributed by atoms with E-state index in [1.54, 1.807) is 26.0 Å². The number of carbonyl (C=O) groups is 1. The van der Waals surface area contributed by atoms with E-state index in [2.05, 4.69) is 0 Å². The van der Waals surface area contributed by atoms with Crippen molar-refractivity contribution < 1.29 is 22.7 Å². The molecule has 0 spiro atoms. The third-order valence-corrected chi connectivity index (χ3v) is 4.31. The average Bonchev–Trinajstić information content (AvgIpc) is 2.68. The molecule has 1 aliphatic rings. The first-order valence-corrected chi connectivity index (χ1v) is 8.96. The van der Waals surface area contributed by atoms with Gasteiger partial charge < -0.3 is 9.47 Å². The lowest BCUT2D eigenvalue weighted by Crippen LogP contribution is -2.17. The fraction of sp³-hybridized carbons (Fsp3) is 0.438. The summed E-state index contributed by atoms with van der Waals surface area (Å²) < 4.78 is 34.3. The first-order chi connectivity index (χ1) is 10.1. The van der Waals surface area contributed by atoms with Gasteiger partial charge in [0.1, 0.15) is 11.4 Å². The molecular formula is C16H20O5S. The number of hydrogen-bond acceptors (Lipinski definition) is 5. The van der Waals surface area contributed by atoms with Crippen LogP contribution in [-0.4, -0.2) is 32.9 Å². The van der Waals surface area contributed by atoms with Crippen LogP contribution < -0.4 is 4.74 Å². The highest BCUT2D eigenvalue weighted by Gasteiger charge is 2.33. The zero-order valence-corrected chi connectivity index (χ0v) is 14.0. The average molecular weight is 324 g/mol. The minimum atomic E-state index is -3.34. The van der Waals surface area contributed by atoms with Crippen LogP contribution in [0, 0.1) is 0 Å². The van der Waals surface area contributed by atoms with E-state index in [1.165, 1.54) is 12.1 Å². The Hall–Kier alpha value is -1.82. The summed E-state index contributed by atoms with van der Waals surface area (Å²) in [5, 5.41) is 0. The fourth-order valence-electron chi connectivity index (χ4n) is 2.20. The van der Waals surface area contributed by atoms with Gasteiger partial charge in [-0.3, -0.25) is 0 Å². The molecule has 0 saturated carbocycles. The molecule has 1 aromatic rings. The van der Waals surface area contributed by atoms with Crippen LogP contribution >= 0.6 is 0 Å². The second-order valence-corrected chi connectivity index (χ2v) is 7.85. The standard InChI is InChI=1S/C16H20O5S/c1-5-8-20-14-9-11(22(4,18)19)6-7-12(14)13-10-16(2,3)21-15(13)17/h6-7,9-10H,5,8H2,1-4H3. The van der Waals surface area contributed by atoms with E-state index in [0.29, 0.717) is 23.5 Å². The molecule has 0 aliphatic carbocycles. The number of hydrogen-bond donors (Lipinski definition) is 0. The van der Waals surface area contributed by atoms with Crippen molar-refractivity contribution in [1.29, 1.82) is 0 Å². The molecule has 1 aliphatic heterocycles. The van der Waals surface area contributed by atoms with Crippen LogP contribution in [0.1, 0.15) is 32.8 Å². The maximum atomic E-state index is 12.0. The Morgan fingerprint density at radius 3 is 2.45 bits per heavy atom. The molecule has 1 aromatic carbocycles. The molecule has 0 bridgehead atoms. The number of rotatable bonds is 5. The van der Waals surface area contributed by atoms with Gasteiger partial charge in [0.25, 0.3) is 0 Å². The summed E-state index contributed by atoms with van der Waals surface area (Å²) in [5.41, 5.74) is 0.275. The van der Waals surface area contributed by atoms with Crippen molar-refractivity contribution >= 4 is 21.4 Å². The fourth-order valence-corrected chi connectivity index (χ4v) is 2.84. The van der Waals surface area contributed by atoms with Gasteiger partial charge in [-0.05, 0) is 44.5 Å². The molecule has 0 unspecified atom stereocenters. The third-order valence-electron chi connectivity index (χ3n) is 3.20. The van der Waals surface area contributed by atoms with Crippen molar-refractivity contribution in [2.24, 2.45) is 0 Å². The molecule has 0 radical (unpaired) electrons. The van der Waals surface area contributed by atoms with Gasteiger partial charge in [-0.2, -0.15) is 0 Å². The molecule has 22 heavy (non-hydrogen) atoms. The first-order valence-electron chi connectivity index (χ1n) is 7.07. The van der Waals surface area contributed by atoms with Gasteiger partial charge in [0.2, 0.25) is 0 Å². The predicted octanol–water partition coefficient (Wildman–Crippen LogP) is 2.60. The predicted molar refractivity (Wildman–Crippen MR) is 83.5 cm³/mol. The summed E-state index contributed by atoms with van der Waals surface area (Å²) in [6, 6.07) is 4.53. The topological polar surface area (TPSA) is 69.7 Å². The maximum Gasteiger partial charge on any atom is 0.339 e. The SMILES string of the molecule is CCCOc1cc(S(C)(=O)=O)ccc1C1=CC(C)(C)OC1=O. The monoisotopic (exact) mass is 324 g/mol. The Labute approximate surface area is 130 Å². The highest BCUT2D eigenvalue weighted by molar-refractivity contribution is 7.90. The molecule has 2 rings (SSSR count). The third kappa shape index (κ3) is 3.50. The molecule has 0 N–H and O–H groups in total. The summed E-state index contributed by atoms with van der Waals surface area (Å²) in [4.78, 5) is 12.2. The number of esters is 1. The number of benzene rings is 1. The van der Waals surface area contributed by atoms with E-state index in [1.807, 2.05) is 6.92 Å². The van der Waals surface area contributed by atoms with Crippen LogP contribution in [0.25, 0.3) is 5.57 Å². The van der Waals surface area contributed by atoms with Gasteiger partial charge in [-0.15, -0.1) is 0 Å². The van der Waals surface area contributed by atoms with Crippen molar-refractivity contribution in [3.8, 4) is 5.75 Å². The van der Waals surface area contributed by atoms with Crippen molar-refractivity contribution in [2.75, 3.05) is 12.9 Å². The van der Waals surface area contributed by atoms with Crippen molar-refractivity contribution in [3.05, 3.63) is 29.8 Å². The van der Waals surface area contributed by atoms with E-state index < -0.39 is 21.4 Å². The molecule has 120 valence electrons. The molecular weight excluding hydrogens is 304 g/mol. The zero-order chi connectivity index (χ0) is 16.5. The smallest absolute Gasteiger partial charge is 0.339 e. The van der Waals surface area contributed by atoms with Gasteiger partial charge >= 0.3 is 5.97 Å². The lowest BCUT2D eigenvalue weighted by atomic mass is 10.0. The number of cyclic esters (lactones) is 1. The Morgan fingerprint density at radius 2 is 1.95 bits per heavy atom. The lowest BCUT2D eigenvalue weighted by molar-refractivity contribution is -0.142.